The summed E-state index contributed by atoms with van der Waals surface area (Å²) in [5.41, 5.74) is -0.0672. The number of imidazole rings is 2. The molecule has 0 aromatic carbocycles. The number of piperidine rings is 1. The van der Waals surface area contributed by atoms with Gasteiger partial charge in [0, 0.05) is 44.6 Å². The van der Waals surface area contributed by atoms with Crippen LogP contribution in [-0.4, -0.2) is 58.2 Å². The zero-order valence-electron chi connectivity index (χ0n) is 14.4. The molecule has 1 saturated heterocycles. The molecule has 0 aliphatic carbocycles. The molecule has 1 aliphatic rings. The van der Waals surface area contributed by atoms with E-state index in [1.54, 1.807) is 17.4 Å². The van der Waals surface area contributed by atoms with Gasteiger partial charge in [0.15, 0.2) is 5.82 Å². The van der Waals surface area contributed by atoms with E-state index in [1.165, 1.54) is 6.20 Å². The number of likely N-dealkylation sites (tertiary alicyclic amines) is 1. The molecule has 0 saturated carbocycles. The molecule has 136 valence electrons. The summed E-state index contributed by atoms with van der Waals surface area (Å²) in [4.78, 5) is 34.3. The second-order valence-corrected chi connectivity index (χ2v) is 6.49. The summed E-state index contributed by atoms with van der Waals surface area (Å²) in [6, 6.07) is 0. The van der Waals surface area contributed by atoms with Crippen molar-refractivity contribution in [2.75, 3.05) is 13.1 Å². The van der Waals surface area contributed by atoms with Gasteiger partial charge in [0.2, 0.25) is 0 Å². The maximum Gasteiger partial charge on any atom is 0.323 e. The monoisotopic (exact) mass is 356 g/mol. The van der Waals surface area contributed by atoms with E-state index in [1.807, 2.05) is 22.4 Å². The third kappa shape index (κ3) is 3.05. The van der Waals surface area contributed by atoms with E-state index in [0.717, 1.165) is 24.5 Å². The Kier molecular flexibility index (Phi) is 4.15. The minimum absolute atomic E-state index is 0.152. The predicted octanol–water partition coefficient (Wildman–Crippen LogP) is 0.0961. The largest absolute Gasteiger partial charge is 0.337 e. The molecule has 1 aliphatic heterocycles. The van der Waals surface area contributed by atoms with Gasteiger partial charge >= 0.3 is 5.69 Å². The molecule has 2 N–H and O–H groups in total. The number of carbonyl (C=O) groups excluding carboxylic acids is 1. The summed E-state index contributed by atoms with van der Waals surface area (Å²) in [6.45, 7) is 1.88. The van der Waals surface area contributed by atoms with Crippen molar-refractivity contribution in [2.24, 2.45) is 7.05 Å². The highest BCUT2D eigenvalue weighted by Crippen LogP contribution is 2.27. The number of rotatable bonds is 4. The molecule has 1 amide bonds. The predicted molar refractivity (Wildman–Crippen MR) is 91.6 cm³/mol. The molecule has 0 bridgehead atoms. The number of amides is 1. The Bertz CT molecular complexity index is 943. The summed E-state index contributed by atoms with van der Waals surface area (Å²) in [5.74, 6) is 1.93. The van der Waals surface area contributed by atoms with Gasteiger partial charge in [-0.05, 0) is 12.8 Å². The smallest absolute Gasteiger partial charge is 0.323 e. The SMILES string of the molecule is Cn1c(Cn2ccnc2)nnc1C1CCN(C(=O)c2c[nH]c(=O)[nH]2)CC1. The molecule has 3 aromatic heterocycles. The Morgan fingerprint density at radius 3 is 2.77 bits per heavy atom. The summed E-state index contributed by atoms with van der Waals surface area (Å²) >= 11 is 0. The first-order chi connectivity index (χ1) is 12.6. The first-order valence-corrected chi connectivity index (χ1v) is 8.52. The van der Waals surface area contributed by atoms with Gasteiger partial charge in [0.25, 0.3) is 5.91 Å². The molecule has 3 aromatic rings. The highest BCUT2D eigenvalue weighted by atomic mass is 16.2. The van der Waals surface area contributed by atoms with Crippen LogP contribution in [0.25, 0.3) is 0 Å². The van der Waals surface area contributed by atoms with Crippen molar-refractivity contribution < 1.29 is 4.79 Å². The number of carbonyl (C=O) groups is 1. The Balaban J connectivity index is 1.41. The van der Waals surface area contributed by atoms with Crippen LogP contribution in [0.5, 0.6) is 0 Å². The van der Waals surface area contributed by atoms with Crippen LogP contribution in [-0.2, 0) is 13.6 Å². The molecule has 0 unspecified atom stereocenters. The lowest BCUT2D eigenvalue weighted by molar-refractivity contribution is 0.0705. The third-order valence-electron chi connectivity index (χ3n) is 4.86. The second-order valence-electron chi connectivity index (χ2n) is 6.49. The van der Waals surface area contributed by atoms with Crippen LogP contribution in [0.3, 0.4) is 0 Å². The molecule has 0 spiro atoms. The van der Waals surface area contributed by atoms with Gasteiger partial charge < -0.3 is 24.0 Å². The van der Waals surface area contributed by atoms with Gasteiger partial charge in [-0.2, -0.15) is 0 Å². The normalized spacial score (nSPS) is 15.5. The van der Waals surface area contributed by atoms with Gasteiger partial charge in [-0.15, -0.1) is 10.2 Å². The molecule has 4 heterocycles. The fourth-order valence-electron chi connectivity index (χ4n) is 3.37. The minimum Gasteiger partial charge on any atom is -0.337 e. The molecule has 1 fully saturated rings. The molecule has 0 atom stereocenters. The molecular weight excluding hydrogens is 336 g/mol. The van der Waals surface area contributed by atoms with Crippen molar-refractivity contribution in [1.82, 2.24) is 39.2 Å². The lowest BCUT2D eigenvalue weighted by Gasteiger charge is -2.31. The van der Waals surface area contributed by atoms with Crippen LogP contribution in [0.4, 0.5) is 0 Å². The fourth-order valence-corrected chi connectivity index (χ4v) is 3.37. The van der Waals surface area contributed by atoms with Gasteiger partial charge in [-0.3, -0.25) is 4.79 Å². The molecule has 4 rings (SSSR count). The summed E-state index contributed by atoms with van der Waals surface area (Å²) in [7, 11) is 1.98. The van der Waals surface area contributed by atoms with Crippen molar-refractivity contribution in [3.63, 3.8) is 0 Å². The number of hydrogen-bond acceptors (Lipinski definition) is 5. The van der Waals surface area contributed by atoms with E-state index in [2.05, 4.69) is 25.1 Å². The van der Waals surface area contributed by atoms with E-state index in [4.69, 9.17) is 0 Å². The summed E-state index contributed by atoms with van der Waals surface area (Å²) in [6.07, 6.45) is 8.44. The van der Waals surface area contributed by atoms with Crippen molar-refractivity contribution in [2.45, 2.75) is 25.3 Å². The van der Waals surface area contributed by atoms with Gasteiger partial charge in [-0.1, -0.05) is 0 Å². The van der Waals surface area contributed by atoms with Crippen molar-refractivity contribution in [3.8, 4) is 0 Å². The molecule has 10 nitrogen and oxygen atoms in total. The first-order valence-electron chi connectivity index (χ1n) is 8.52. The van der Waals surface area contributed by atoms with Gasteiger partial charge in [0.1, 0.15) is 11.5 Å². The van der Waals surface area contributed by atoms with Crippen LogP contribution < -0.4 is 5.69 Å². The van der Waals surface area contributed by atoms with Crippen molar-refractivity contribution in [1.29, 1.82) is 0 Å². The summed E-state index contributed by atoms with van der Waals surface area (Å²) in [5, 5.41) is 8.68. The van der Waals surface area contributed by atoms with Gasteiger partial charge in [-0.25, -0.2) is 9.78 Å². The lowest BCUT2D eigenvalue weighted by Crippen LogP contribution is -2.38. The summed E-state index contributed by atoms with van der Waals surface area (Å²) < 4.78 is 3.98. The number of aromatic nitrogens is 7. The van der Waals surface area contributed by atoms with Gasteiger partial charge in [0.05, 0.1) is 12.9 Å². The highest BCUT2D eigenvalue weighted by molar-refractivity contribution is 5.92. The maximum absolute atomic E-state index is 12.4. The molecular formula is C16H20N8O2. The van der Waals surface area contributed by atoms with E-state index in [-0.39, 0.29) is 17.5 Å². The van der Waals surface area contributed by atoms with Crippen LogP contribution >= 0.6 is 0 Å². The van der Waals surface area contributed by atoms with Crippen LogP contribution in [0.2, 0.25) is 0 Å². The van der Waals surface area contributed by atoms with Crippen molar-refractivity contribution in [3.05, 3.63) is 52.7 Å². The first kappa shape index (κ1) is 16.3. The fraction of sp³-hybridized carbons (Fsp3) is 0.438. The van der Waals surface area contributed by atoms with Crippen molar-refractivity contribution >= 4 is 5.91 Å². The number of nitrogens with one attached hydrogen (secondary N) is 2. The van der Waals surface area contributed by atoms with E-state index in [0.29, 0.717) is 25.3 Å². The van der Waals surface area contributed by atoms with Crippen LogP contribution in [0.1, 0.15) is 40.9 Å². The highest BCUT2D eigenvalue weighted by Gasteiger charge is 2.28. The van der Waals surface area contributed by atoms with E-state index < -0.39 is 0 Å². The zero-order valence-corrected chi connectivity index (χ0v) is 14.4. The van der Waals surface area contributed by atoms with E-state index >= 15 is 0 Å². The molecule has 0 radical (unpaired) electrons. The van der Waals surface area contributed by atoms with Crippen LogP contribution in [0.15, 0.2) is 29.7 Å². The quantitative estimate of drug-likeness (QED) is 0.687. The maximum atomic E-state index is 12.4. The number of H-pyrrole nitrogens is 2. The number of aromatic amines is 2. The molecule has 10 heteroatoms. The Morgan fingerprint density at radius 2 is 2.12 bits per heavy atom. The Morgan fingerprint density at radius 1 is 1.31 bits per heavy atom. The average molecular weight is 356 g/mol. The topological polar surface area (TPSA) is 117 Å². The number of nitrogens with zero attached hydrogens (tertiary/aromatic N) is 6. The standard InChI is InChI=1S/C16H20N8O2/c1-22-13(9-23-7-4-17-10-23)20-21-14(22)11-2-5-24(6-3-11)15(25)12-8-18-16(26)19-12/h4,7-8,10-11H,2-3,5-6,9H2,1H3,(H2,18,19,26). The minimum atomic E-state index is -0.368. The zero-order chi connectivity index (χ0) is 18.1. The van der Waals surface area contributed by atoms with E-state index in [9.17, 15) is 9.59 Å². The molecule has 26 heavy (non-hydrogen) atoms. The Labute approximate surface area is 148 Å². The average Bonchev–Trinajstić information content (AvgIpc) is 3.38. The number of hydrogen-bond donors (Lipinski definition) is 2. The lowest BCUT2D eigenvalue weighted by atomic mass is 9.95. The third-order valence-corrected chi connectivity index (χ3v) is 4.86. The van der Waals surface area contributed by atoms with Crippen LogP contribution in [0, 0.1) is 0 Å². The second kappa shape index (κ2) is 6.62. The Hall–Kier alpha value is -3.17.